The molecule has 0 amide bonds. The van der Waals surface area contributed by atoms with Crippen LogP contribution in [0.25, 0.3) is 0 Å². The van der Waals surface area contributed by atoms with Crippen molar-refractivity contribution < 1.29 is 0 Å². The maximum absolute atomic E-state index is 5.97. The summed E-state index contributed by atoms with van der Waals surface area (Å²) in [6.45, 7) is 11.4. The van der Waals surface area contributed by atoms with Crippen molar-refractivity contribution in [2.24, 2.45) is 11.8 Å². The zero-order valence-electron chi connectivity index (χ0n) is 12.9. The summed E-state index contributed by atoms with van der Waals surface area (Å²) >= 11 is 5.97. The Bertz CT molecular complexity index is 356. The number of hydrogen-bond donors (Lipinski definition) is 1. The molecule has 1 aromatic rings. The van der Waals surface area contributed by atoms with E-state index in [1.54, 1.807) is 0 Å². The van der Waals surface area contributed by atoms with E-state index in [9.17, 15) is 0 Å². The zero-order chi connectivity index (χ0) is 14.4. The summed E-state index contributed by atoms with van der Waals surface area (Å²) in [5.41, 5.74) is 1.33. The predicted octanol–water partition coefficient (Wildman–Crippen LogP) is 5.45. The second kappa shape index (κ2) is 7.91. The molecule has 0 aliphatic heterocycles. The second-order valence-corrected chi connectivity index (χ2v) is 6.75. The van der Waals surface area contributed by atoms with Crippen LogP contribution in [0.3, 0.4) is 0 Å². The maximum Gasteiger partial charge on any atom is 0.0406 e. The van der Waals surface area contributed by atoms with E-state index < -0.39 is 0 Å². The van der Waals surface area contributed by atoms with E-state index in [2.05, 4.69) is 52.1 Å². The molecule has 0 saturated heterocycles. The molecule has 19 heavy (non-hydrogen) atoms. The Morgan fingerprint density at radius 2 is 1.53 bits per heavy atom. The molecule has 1 nitrogen and oxygen atoms in total. The van der Waals surface area contributed by atoms with Gasteiger partial charge in [0.15, 0.2) is 0 Å². The van der Waals surface area contributed by atoms with Crippen LogP contribution in [0.5, 0.6) is 0 Å². The van der Waals surface area contributed by atoms with Gasteiger partial charge in [-0.05, 0) is 49.3 Å². The first kappa shape index (κ1) is 16.5. The Morgan fingerprint density at radius 3 is 2.00 bits per heavy atom. The van der Waals surface area contributed by atoms with Gasteiger partial charge in [-0.2, -0.15) is 0 Å². The topological polar surface area (TPSA) is 12.0 Å². The van der Waals surface area contributed by atoms with Crippen LogP contribution in [0.15, 0.2) is 24.3 Å². The average Bonchev–Trinajstić information content (AvgIpc) is 2.34. The number of nitrogens with one attached hydrogen (secondary N) is 1. The highest BCUT2D eigenvalue weighted by atomic mass is 35.5. The number of benzene rings is 1. The lowest BCUT2D eigenvalue weighted by Crippen LogP contribution is -2.33. The van der Waals surface area contributed by atoms with Crippen molar-refractivity contribution in [3.8, 4) is 0 Å². The minimum atomic E-state index is 0.402. The third-order valence-corrected chi connectivity index (χ3v) is 3.79. The van der Waals surface area contributed by atoms with Crippen molar-refractivity contribution in [1.82, 2.24) is 5.32 Å². The molecule has 0 saturated carbocycles. The summed E-state index contributed by atoms with van der Waals surface area (Å²) in [4.78, 5) is 0. The standard InChI is InChI=1S/C17H28ClN/c1-12(2)6-7-14(5)19-17(13(3)4)15-8-10-16(18)11-9-15/h8-14,17,19H,6-7H2,1-5H3. The lowest BCUT2D eigenvalue weighted by molar-refractivity contribution is 0.346. The van der Waals surface area contributed by atoms with E-state index in [-0.39, 0.29) is 0 Å². The highest BCUT2D eigenvalue weighted by molar-refractivity contribution is 6.30. The molecule has 0 spiro atoms. The van der Waals surface area contributed by atoms with Crippen molar-refractivity contribution in [2.45, 2.75) is 59.5 Å². The van der Waals surface area contributed by atoms with Crippen LogP contribution >= 0.6 is 11.6 Å². The molecule has 1 rings (SSSR count). The van der Waals surface area contributed by atoms with E-state index in [4.69, 9.17) is 11.6 Å². The molecule has 108 valence electrons. The highest BCUT2D eigenvalue weighted by Gasteiger charge is 2.17. The van der Waals surface area contributed by atoms with Gasteiger partial charge < -0.3 is 5.32 Å². The van der Waals surface area contributed by atoms with Gasteiger partial charge in [-0.1, -0.05) is 51.4 Å². The summed E-state index contributed by atoms with van der Waals surface area (Å²) in [6, 6.07) is 9.17. The molecule has 2 atom stereocenters. The zero-order valence-corrected chi connectivity index (χ0v) is 13.7. The lowest BCUT2D eigenvalue weighted by atomic mass is 9.94. The molecule has 0 radical (unpaired) electrons. The average molecular weight is 282 g/mol. The number of halogens is 1. The summed E-state index contributed by atoms with van der Waals surface area (Å²) < 4.78 is 0. The smallest absolute Gasteiger partial charge is 0.0406 e. The maximum atomic E-state index is 5.97. The first-order chi connectivity index (χ1) is 8.90. The molecule has 0 aliphatic rings. The van der Waals surface area contributed by atoms with Crippen LogP contribution in [-0.4, -0.2) is 6.04 Å². The second-order valence-electron chi connectivity index (χ2n) is 6.31. The van der Waals surface area contributed by atoms with E-state index in [0.717, 1.165) is 10.9 Å². The third-order valence-electron chi connectivity index (χ3n) is 3.54. The molecule has 0 aromatic heterocycles. The van der Waals surface area contributed by atoms with Gasteiger partial charge >= 0.3 is 0 Å². The fourth-order valence-corrected chi connectivity index (χ4v) is 2.44. The predicted molar refractivity (Wildman–Crippen MR) is 85.7 cm³/mol. The summed E-state index contributed by atoms with van der Waals surface area (Å²) in [6.07, 6.45) is 2.51. The molecular formula is C17H28ClN. The molecule has 0 heterocycles. The lowest BCUT2D eigenvalue weighted by Gasteiger charge is -2.27. The van der Waals surface area contributed by atoms with Gasteiger partial charge in [0.25, 0.3) is 0 Å². The Hall–Kier alpha value is -0.530. The van der Waals surface area contributed by atoms with E-state index >= 15 is 0 Å². The van der Waals surface area contributed by atoms with Crippen LogP contribution in [0.1, 0.15) is 59.1 Å². The van der Waals surface area contributed by atoms with Crippen LogP contribution in [0, 0.1) is 11.8 Å². The van der Waals surface area contributed by atoms with Gasteiger partial charge in [-0.25, -0.2) is 0 Å². The Morgan fingerprint density at radius 1 is 0.947 bits per heavy atom. The van der Waals surface area contributed by atoms with Crippen LogP contribution in [-0.2, 0) is 0 Å². The highest BCUT2D eigenvalue weighted by Crippen LogP contribution is 2.24. The fraction of sp³-hybridized carbons (Fsp3) is 0.647. The Balaban J connectivity index is 2.65. The minimum absolute atomic E-state index is 0.402. The van der Waals surface area contributed by atoms with Crippen molar-refractivity contribution in [3.63, 3.8) is 0 Å². The quantitative estimate of drug-likeness (QED) is 0.700. The Labute approximate surface area is 123 Å². The third kappa shape index (κ3) is 5.97. The van der Waals surface area contributed by atoms with Crippen molar-refractivity contribution in [2.75, 3.05) is 0 Å². The molecule has 2 heteroatoms. The molecule has 0 bridgehead atoms. The van der Waals surface area contributed by atoms with Gasteiger partial charge in [0, 0.05) is 17.1 Å². The normalized spacial score (nSPS) is 14.9. The molecule has 1 aromatic carbocycles. The summed E-state index contributed by atoms with van der Waals surface area (Å²) in [5.74, 6) is 1.35. The van der Waals surface area contributed by atoms with Crippen LogP contribution in [0.2, 0.25) is 5.02 Å². The summed E-state index contributed by atoms with van der Waals surface area (Å²) in [5, 5.41) is 4.57. The fourth-order valence-electron chi connectivity index (χ4n) is 2.32. The minimum Gasteiger partial charge on any atom is -0.307 e. The molecule has 2 unspecified atom stereocenters. The SMILES string of the molecule is CC(C)CCC(C)NC(c1ccc(Cl)cc1)C(C)C. The monoisotopic (exact) mass is 281 g/mol. The molecular weight excluding hydrogens is 254 g/mol. The Kier molecular flexibility index (Phi) is 6.88. The molecule has 1 N–H and O–H groups in total. The van der Waals surface area contributed by atoms with Gasteiger partial charge in [0.2, 0.25) is 0 Å². The van der Waals surface area contributed by atoms with Crippen LogP contribution < -0.4 is 5.32 Å². The van der Waals surface area contributed by atoms with Gasteiger partial charge in [-0.3, -0.25) is 0 Å². The van der Waals surface area contributed by atoms with Crippen molar-refractivity contribution in [1.29, 1.82) is 0 Å². The largest absolute Gasteiger partial charge is 0.307 e. The van der Waals surface area contributed by atoms with Crippen molar-refractivity contribution >= 4 is 11.6 Å². The first-order valence-corrected chi connectivity index (χ1v) is 7.79. The van der Waals surface area contributed by atoms with E-state index in [1.165, 1.54) is 18.4 Å². The van der Waals surface area contributed by atoms with Gasteiger partial charge in [0.1, 0.15) is 0 Å². The first-order valence-electron chi connectivity index (χ1n) is 7.41. The van der Waals surface area contributed by atoms with Gasteiger partial charge in [-0.15, -0.1) is 0 Å². The van der Waals surface area contributed by atoms with Gasteiger partial charge in [0.05, 0.1) is 0 Å². The van der Waals surface area contributed by atoms with Crippen molar-refractivity contribution in [3.05, 3.63) is 34.9 Å². The molecule has 0 fully saturated rings. The van der Waals surface area contributed by atoms with Crippen LogP contribution in [0.4, 0.5) is 0 Å². The molecule has 0 aliphatic carbocycles. The number of hydrogen-bond acceptors (Lipinski definition) is 1. The van der Waals surface area contributed by atoms with E-state index in [0.29, 0.717) is 18.0 Å². The number of rotatable bonds is 7. The van der Waals surface area contributed by atoms with E-state index in [1.807, 2.05) is 12.1 Å². The summed E-state index contributed by atoms with van der Waals surface area (Å²) in [7, 11) is 0.